The van der Waals surface area contributed by atoms with Crippen molar-refractivity contribution < 1.29 is 22.7 Å². The monoisotopic (exact) mass is 416 g/mol. The number of sulfonamides is 1. The van der Waals surface area contributed by atoms with Crippen LogP contribution in [0.3, 0.4) is 0 Å². The van der Waals surface area contributed by atoms with Crippen LogP contribution in [0.25, 0.3) is 0 Å². The minimum Gasteiger partial charge on any atom is -0.486 e. The Hall–Kier alpha value is -2.58. The second-order valence-electron chi connectivity index (χ2n) is 7.26. The number of fused-ring (bicyclic) bond motifs is 1. The lowest BCUT2D eigenvalue weighted by molar-refractivity contribution is 0.0475. The first-order valence-corrected chi connectivity index (χ1v) is 11.2. The highest BCUT2D eigenvalue weighted by Gasteiger charge is 2.29. The van der Waals surface area contributed by atoms with E-state index in [1.54, 1.807) is 17.0 Å². The molecule has 29 heavy (non-hydrogen) atoms. The molecule has 8 heteroatoms. The standard InChI is InChI=1S/C21H24N2O5S/c1-2-23(13-17-14-27-19-8-3-4-9-20(19)28-17)21(24)15-6-5-7-18(12-15)29(25,26)22-16-10-11-16/h3-9,12,16-17,22H,2,10-11,13-14H2,1H3. The van der Waals surface area contributed by atoms with Crippen LogP contribution in [-0.2, 0) is 10.0 Å². The van der Waals surface area contributed by atoms with E-state index in [2.05, 4.69) is 4.72 Å². The third-order valence-electron chi connectivity index (χ3n) is 4.95. The normalized spacial score (nSPS) is 18.3. The second-order valence-corrected chi connectivity index (χ2v) is 8.98. The van der Waals surface area contributed by atoms with E-state index in [1.807, 2.05) is 31.2 Å². The molecule has 7 nitrogen and oxygen atoms in total. The molecule has 1 N–H and O–H groups in total. The van der Waals surface area contributed by atoms with E-state index in [0.717, 1.165) is 12.8 Å². The fourth-order valence-electron chi connectivity index (χ4n) is 3.22. The Morgan fingerprint density at radius 1 is 1.14 bits per heavy atom. The van der Waals surface area contributed by atoms with Crippen LogP contribution in [-0.4, -0.2) is 51.1 Å². The molecule has 0 aromatic heterocycles. The number of carbonyl (C=O) groups excluding carboxylic acids is 1. The molecule has 4 rings (SSSR count). The van der Waals surface area contributed by atoms with E-state index < -0.39 is 10.0 Å². The van der Waals surface area contributed by atoms with Gasteiger partial charge in [-0.25, -0.2) is 13.1 Å². The Balaban J connectivity index is 1.47. The smallest absolute Gasteiger partial charge is 0.254 e. The number of amides is 1. The third-order valence-corrected chi connectivity index (χ3v) is 6.47. The predicted octanol–water partition coefficient (Wildman–Crippen LogP) is 2.43. The predicted molar refractivity (Wildman–Crippen MR) is 108 cm³/mol. The maximum atomic E-state index is 13.0. The largest absolute Gasteiger partial charge is 0.486 e. The van der Waals surface area contributed by atoms with Gasteiger partial charge in [0.05, 0.1) is 11.4 Å². The van der Waals surface area contributed by atoms with Gasteiger partial charge in [0.15, 0.2) is 17.6 Å². The molecule has 154 valence electrons. The summed E-state index contributed by atoms with van der Waals surface area (Å²) >= 11 is 0. The topological polar surface area (TPSA) is 84.9 Å². The summed E-state index contributed by atoms with van der Waals surface area (Å²) in [7, 11) is -3.61. The Bertz CT molecular complexity index is 1000. The molecule has 2 aromatic carbocycles. The zero-order valence-corrected chi connectivity index (χ0v) is 17.0. The summed E-state index contributed by atoms with van der Waals surface area (Å²) in [5, 5.41) is 0. The van der Waals surface area contributed by atoms with Crippen molar-refractivity contribution in [1.29, 1.82) is 0 Å². The molecular formula is C21H24N2O5S. The van der Waals surface area contributed by atoms with Crippen molar-refractivity contribution in [1.82, 2.24) is 9.62 Å². The molecule has 0 radical (unpaired) electrons. The number of benzene rings is 2. The minimum atomic E-state index is -3.61. The Morgan fingerprint density at radius 2 is 1.90 bits per heavy atom. The fourth-order valence-corrected chi connectivity index (χ4v) is 4.57. The van der Waals surface area contributed by atoms with E-state index in [4.69, 9.17) is 9.47 Å². The Kier molecular flexibility index (Phi) is 5.47. The SMILES string of the molecule is CCN(CC1COc2ccccc2O1)C(=O)c1cccc(S(=O)(=O)NC2CC2)c1. The molecule has 0 saturated heterocycles. The summed E-state index contributed by atoms with van der Waals surface area (Å²) < 4.78 is 39.2. The molecule has 1 amide bonds. The van der Waals surface area contributed by atoms with Gasteiger partial charge in [-0.15, -0.1) is 0 Å². The molecule has 2 aromatic rings. The lowest BCUT2D eigenvalue weighted by atomic mass is 10.2. The number of hydrogen-bond acceptors (Lipinski definition) is 5. The zero-order chi connectivity index (χ0) is 20.4. The minimum absolute atomic E-state index is 0.0119. The Morgan fingerprint density at radius 3 is 2.62 bits per heavy atom. The maximum absolute atomic E-state index is 13.0. The van der Waals surface area contributed by atoms with Gasteiger partial charge in [-0.2, -0.15) is 0 Å². The third kappa shape index (κ3) is 4.54. The van der Waals surface area contributed by atoms with Gasteiger partial charge in [-0.3, -0.25) is 4.79 Å². The van der Waals surface area contributed by atoms with Crippen LogP contribution in [0.15, 0.2) is 53.4 Å². The number of carbonyl (C=O) groups is 1. The lowest BCUT2D eigenvalue weighted by Crippen LogP contribution is -2.43. The lowest BCUT2D eigenvalue weighted by Gasteiger charge is -2.31. The van der Waals surface area contributed by atoms with Gasteiger partial charge >= 0.3 is 0 Å². The first kappa shape index (κ1) is 19.7. The van der Waals surface area contributed by atoms with Crippen molar-refractivity contribution in [3.05, 3.63) is 54.1 Å². The van der Waals surface area contributed by atoms with Gasteiger partial charge in [-0.05, 0) is 50.1 Å². The molecule has 1 atom stereocenters. The molecular weight excluding hydrogens is 392 g/mol. The quantitative estimate of drug-likeness (QED) is 0.749. The first-order chi connectivity index (χ1) is 14.0. The number of ether oxygens (including phenoxy) is 2. The first-order valence-electron chi connectivity index (χ1n) is 9.76. The summed E-state index contributed by atoms with van der Waals surface area (Å²) in [6.07, 6.45) is 1.42. The van der Waals surface area contributed by atoms with Crippen molar-refractivity contribution in [3.63, 3.8) is 0 Å². The number of rotatable bonds is 7. The average molecular weight is 416 g/mol. The van der Waals surface area contributed by atoms with Gasteiger partial charge < -0.3 is 14.4 Å². The van der Waals surface area contributed by atoms with Crippen molar-refractivity contribution in [2.24, 2.45) is 0 Å². The summed E-state index contributed by atoms with van der Waals surface area (Å²) in [6.45, 7) is 3.05. The van der Waals surface area contributed by atoms with Crippen LogP contribution in [0.1, 0.15) is 30.1 Å². The van der Waals surface area contributed by atoms with Crippen molar-refractivity contribution >= 4 is 15.9 Å². The molecule has 1 aliphatic heterocycles. The summed E-state index contributed by atoms with van der Waals surface area (Å²) in [4.78, 5) is 14.8. The van der Waals surface area contributed by atoms with Crippen molar-refractivity contribution in [2.45, 2.75) is 36.8 Å². The van der Waals surface area contributed by atoms with Crippen LogP contribution in [0, 0.1) is 0 Å². The van der Waals surface area contributed by atoms with Gasteiger partial charge in [0, 0.05) is 18.2 Å². The zero-order valence-electron chi connectivity index (χ0n) is 16.2. The van der Waals surface area contributed by atoms with Crippen LogP contribution in [0.2, 0.25) is 0 Å². The van der Waals surface area contributed by atoms with Crippen LogP contribution in [0.5, 0.6) is 11.5 Å². The molecule has 1 heterocycles. The fraction of sp³-hybridized carbons (Fsp3) is 0.381. The van der Waals surface area contributed by atoms with Crippen LogP contribution in [0.4, 0.5) is 0 Å². The van der Waals surface area contributed by atoms with E-state index in [1.165, 1.54) is 12.1 Å². The van der Waals surface area contributed by atoms with Crippen molar-refractivity contribution in [2.75, 3.05) is 19.7 Å². The highest BCUT2D eigenvalue weighted by molar-refractivity contribution is 7.89. The van der Waals surface area contributed by atoms with Gasteiger partial charge in [-0.1, -0.05) is 18.2 Å². The number of para-hydroxylation sites is 2. The molecule has 0 bridgehead atoms. The van der Waals surface area contributed by atoms with E-state index in [9.17, 15) is 13.2 Å². The summed E-state index contributed by atoms with van der Waals surface area (Å²) in [5.74, 6) is 1.11. The van der Waals surface area contributed by atoms with E-state index >= 15 is 0 Å². The number of hydrogen-bond donors (Lipinski definition) is 1. The molecule has 1 unspecified atom stereocenters. The van der Waals surface area contributed by atoms with Crippen molar-refractivity contribution in [3.8, 4) is 11.5 Å². The van der Waals surface area contributed by atoms with Crippen LogP contribution < -0.4 is 14.2 Å². The highest BCUT2D eigenvalue weighted by atomic mass is 32.2. The number of nitrogens with zero attached hydrogens (tertiary/aromatic N) is 1. The molecule has 1 saturated carbocycles. The average Bonchev–Trinajstić information content (AvgIpc) is 3.55. The molecule has 1 fully saturated rings. The van der Waals surface area contributed by atoms with Gasteiger partial charge in [0.25, 0.3) is 5.91 Å². The highest BCUT2D eigenvalue weighted by Crippen LogP contribution is 2.31. The van der Waals surface area contributed by atoms with Gasteiger partial charge in [0.1, 0.15) is 6.61 Å². The van der Waals surface area contributed by atoms with Gasteiger partial charge in [0.2, 0.25) is 10.0 Å². The number of nitrogens with one attached hydrogen (secondary N) is 1. The van der Waals surface area contributed by atoms with E-state index in [-0.39, 0.29) is 22.9 Å². The molecule has 2 aliphatic rings. The maximum Gasteiger partial charge on any atom is 0.254 e. The molecule has 0 spiro atoms. The number of likely N-dealkylation sites (N-methyl/N-ethyl adjacent to an activating group) is 1. The summed E-state index contributed by atoms with van der Waals surface area (Å²) in [5.41, 5.74) is 0.336. The molecule has 1 aliphatic carbocycles. The summed E-state index contributed by atoms with van der Waals surface area (Å²) in [6, 6.07) is 13.6. The van der Waals surface area contributed by atoms with Crippen LogP contribution >= 0.6 is 0 Å². The van der Waals surface area contributed by atoms with E-state index in [0.29, 0.717) is 36.8 Å². The Labute approximate surface area is 170 Å². The second kappa shape index (κ2) is 8.04.